The topological polar surface area (TPSA) is 44.2 Å². The van der Waals surface area contributed by atoms with Crippen molar-refractivity contribution in [1.82, 2.24) is 8.75 Å². The minimum absolute atomic E-state index is 0.320. The van der Waals surface area contributed by atoms with Gasteiger partial charge < -0.3 is 9.47 Å². The number of aromatic nitrogens is 2. The van der Waals surface area contributed by atoms with E-state index in [1.165, 1.54) is 0 Å². The van der Waals surface area contributed by atoms with Gasteiger partial charge in [0.25, 0.3) is 5.88 Å². The van der Waals surface area contributed by atoms with Crippen LogP contribution in [-0.2, 0) is 4.74 Å². The van der Waals surface area contributed by atoms with Gasteiger partial charge in [0.05, 0.1) is 18.3 Å². The highest BCUT2D eigenvalue weighted by Gasteiger charge is 2.04. The summed E-state index contributed by atoms with van der Waals surface area (Å²) >= 11 is 6.69. The molecule has 4 nitrogen and oxygen atoms in total. The molecule has 0 atom stereocenters. The summed E-state index contributed by atoms with van der Waals surface area (Å²) in [6.07, 6.45) is 1.01. The average molecular weight is 223 g/mol. The number of nitrogens with zero attached hydrogens (tertiary/aromatic N) is 2. The number of ether oxygens (including phenoxy) is 2. The molecule has 0 aliphatic carbocycles. The number of hydrogen-bond acceptors (Lipinski definition) is 5. The highest BCUT2D eigenvalue weighted by atomic mass is 35.5. The Morgan fingerprint density at radius 2 is 2.15 bits per heavy atom. The second-order valence-electron chi connectivity index (χ2n) is 2.32. The standard InChI is InChI=1S/C7H11ClN2O2S/c1-2-3-11-4-5-12-7-6(8)9-13-10-7/h2-5H2,1H3. The zero-order chi connectivity index (χ0) is 9.52. The molecule has 1 aromatic heterocycles. The predicted octanol–water partition coefficient (Wildman–Crippen LogP) is 2.00. The maximum atomic E-state index is 5.65. The Hall–Kier alpha value is -0.390. The summed E-state index contributed by atoms with van der Waals surface area (Å²) in [7, 11) is 0. The van der Waals surface area contributed by atoms with Gasteiger partial charge in [0, 0.05) is 6.61 Å². The van der Waals surface area contributed by atoms with Crippen molar-refractivity contribution in [2.45, 2.75) is 13.3 Å². The lowest BCUT2D eigenvalue weighted by Crippen LogP contribution is -2.07. The molecule has 1 heterocycles. The third-order valence-electron chi connectivity index (χ3n) is 1.24. The zero-order valence-electron chi connectivity index (χ0n) is 7.33. The largest absolute Gasteiger partial charge is 0.472 e. The molecule has 0 amide bonds. The van der Waals surface area contributed by atoms with E-state index in [4.69, 9.17) is 21.1 Å². The van der Waals surface area contributed by atoms with Gasteiger partial charge in [-0.25, -0.2) is 0 Å². The summed E-state index contributed by atoms with van der Waals surface area (Å²) < 4.78 is 18.0. The summed E-state index contributed by atoms with van der Waals surface area (Å²) in [5, 5.41) is 0.320. The van der Waals surface area contributed by atoms with Gasteiger partial charge in [-0.05, 0) is 6.42 Å². The van der Waals surface area contributed by atoms with Gasteiger partial charge >= 0.3 is 0 Å². The summed E-state index contributed by atoms with van der Waals surface area (Å²) in [5.74, 6) is 0.395. The highest BCUT2D eigenvalue weighted by Crippen LogP contribution is 2.19. The van der Waals surface area contributed by atoms with Gasteiger partial charge in [0.15, 0.2) is 0 Å². The molecule has 6 heteroatoms. The third kappa shape index (κ3) is 3.89. The Morgan fingerprint density at radius 1 is 1.31 bits per heavy atom. The second-order valence-corrected chi connectivity index (χ2v) is 3.21. The van der Waals surface area contributed by atoms with Crippen LogP contribution >= 0.6 is 23.3 Å². The van der Waals surface area contributed by atoms with Crippen LogP contribution in [0, 0.1) is 0 Å². The SMILES string of the molecule is CCCOCCOc1nsnc1Cl. The molecule has 0 spiro atoms. The molecule has 0 bridgehead atoms. The molecule has 13 heavy (non-hydrogen) atoms. The van der Waals surface area contributed by atoms with Crippen LogP contribution < -0.4 is 4.74 Å². The van der Waals surface area contributed by atoms with Crippen molar-refractivity contribution in [2.75, 3.05) is 19.8 Å². The van der Waals surface area contributed by atoms with E-state index in [9.17, 15) is 0 Å². The van der Waals surface area contributed by atoms with E-state index in [-0.39, 0.29) is 0 Å². The van der Waals surface area contributed by atoms with Crippen LogP contribution in [-0.4, -0.2) is 28.6 Å². The van der Waals surface area contributed by atoms with E-state index in [0.717, 1.165) is 24.8 Å². The van der Waals surface area contributed by atoms with Crippen LogP contribution in [0.4, 0.5) is 0 Å². The molecular weight excluding hydrogens is 212 g/mol. The fraction of sp³-hybridized carbons (Fsp3) is 0.714. The van der Waals surface area contributed by atoms with Gasteiger partial charge in [-0.1, -0.05) is 18.5 Å². The fourth-order valence-electron chi connectivity index (χ4n) is 0.700. The van der Waals surface area contributed by atoms with E-state index in [1.807, 2.05) is 0 Å². The molecule has 0 fully saturated rings. The first-order chi connectivity index (χ1) is 6.34. The Kier molecular flexibility index (Phi) is 5.03. The van der Waals surface area contributed by atoms with Crippen molar-refractivity contribution < 1.29 is 9.47 Å². The van der Waals surface area contributed by atoms with Gasteiger partial charge in [-0.3, -0.25) is 0 Å². The number of halogens is 1. The molecule has 1 rings (SSSR count). The smallest absolute Gasteiger partial charge is 0.265 e. The van der Waals surface area contributed by atoms with Crippen molar-refractivity contribution >= 4 is 23.3 Å². The number of rotatable bonds is 6. The summed E-state index contributed by atoms with van der Waals surface area (Å²) in [5.41, 5.74) is 0. The number of hydrogen-bond donors (Lipinski definition) is 0. The van der Waals surface area contributed by atoms with Gasteiger partial charge in [0.2, 0.25) is 5.15 Å². The molecule has 0 N–H and O–H groups in total. The molecule has 74 valence electrons. The minimum atomic E-state index is 0.320. The monoisotopic (exact) mass is 222 g/mol. The quantitative estimate of drug-likeness (QED) is 0.691. The van der Waals surface area contributed by atoms with Gasteiger partial charge in [-0.2, -0.15) is 4.37 Å². The van der Waals surface area contributed by atoms with Crippen LogP contribution in [0.3, 0.4) is 0 Å². The molecule has 0 saturated carbocycles. The van der Waals surface area contributed by atoms with E-state index in [0.29, 0.717) is 24.2 Å². The Bertz CT molecular complexity index is 244. The summed E-state index contributed by atoms with van der Waals surface area (Å²) in [4.78, 5) is 0. The molecule has 1 aromatic rings. The van der Waals surface area contributed by atoms with E-state index in [1.54, 1.807) is 0 Å². The fourth-order valence-corrected chi connectivity index (χ4v) is 1.34. The lowest BCUT2D eigenvalue weighted by molar-refractivity contribution is 0.0993. The van der Waals surface area contributed by atoms with Crippen molar-refractivity contribution in [3.8, 4) is 5.88 Å². The van der Waals surface area contributed by atoms with Crippen molar-refractivity contribution in [2.24, 2.45) is 0 Å². The van der Waals surface area contributed by atoms with Crippen molar-refractivity contribution in [3.63, 3.8) is 0 Å². The Balaban J connectivity index is 2.10. The third-order valence-corrected chi connectivity index (χ3v) is 2.09. The molecule has 0 saturated heterocycles. The lowest BCUT2D eigenvalue weighted by atomic mass is 10.5. The predicted molar refractivity (Wildman–Crippen MR) is 51.5 cm³/mol. The molecule has 0 radical (unpaired) electrons. The van der Waals surface area contributed by atoms with Crippen molar-refractivity contribution in [1.29, 1.82) is 0 Å². The van der Waals surface area contributed by atoms with E-state index < -0.39 is 0 Å². The Morgan fingerprint density at radius 3 is 2.77 bits per heavy atom. The maximum absolute atomic E-state index is 5.65. The van der Waals surface area contributed by atoms with E-state index in [2.05, 4.69) is 15.7 Å². The summed E-state index contributed by atoms with van der Waals surface area (Å²) in [6, 6.07) is 0. The van der Waals surface area contributed by atoms with Crippen LogP contribution in [0.1, 0.15) is 13.3 Å². The summed E-state index contributed by atoms with van der Waals surface area (Å²) in [6.45, 7) is 3.83. The van der Waals surface area contributed by atoms with Crippen molar-refractivity contribution in [3.05, 3.63) is 5.15 Å². The Labute approximate surface area is 86.1 Å². The average Bonchev–Trinajstić information content (AvgIpc) is 2.52. The van der Waals surface area contributed by atoms with Gasteiger partial charge in [0.1, 0.15) is 6.61 Å². The molecule has 0 aliphatic heterocycles. The van der Waals surface area contributed by atoms with Crippen LogP contribution in [0.15, 0.2) is 0 Å². The van der Waals surface area contributed by atoms with Gasteiger partial charge in [-0.15, -0.1) is 4.37 Å². The normalized spacial score (nSPS) is 10.3. The molecular formula is C7H11ClN2O2S. The first kappa shape index (κ1) is 10.7. The first-order valence-electron chi connectivity index (χ1n) is 4.03. The zero-order valence-corrected chi connectivity index (χ0v) is 8.90. The first-order valence-corrected chi connectivity index (χ1v) is 5.14. The van der Waals surface area contributed by atoms with Crippen LogP contribution in [0.25, 0.3) is 0 Å². The molecule has 0 unspecified atom stereocenters. The lowest BCUT2D eigenvalue weighted by Gasteiger charge is -2.02. The van der Waals surface area contributed by atoms with Crippen LogP contribution in [0.5, 0.6) is 5.88 Å². The second kappa shape index (κ2) is 6.12. The minimum Gasteiger partial charge on any atom is -0.472 e. The maximum Gasteiger partial charge on any atom is 0.265 e. The molecule has 0 aliphatic rings. The van der Waals surface area contributed by atoms with Crippen LogP contribution in [0.2, 0.25) is 5.15 Å². The molecule has 0 aromatic carbocycles. The van der Waals surface area contributed by atoms with E-state index >= 15 is 0 Å². The highest BCUT2D eigenvalue weighted by molar-refractivity contribution is 6.99.